The summed E-state index contributed by atoms with van der Waals surface area (Å²) in [5.41, 5.74) is 6.09. The van der Waals surface area contributed by atoms with Crippen LogP contribution in [0.4, 0.5) is 5.69 Å². The van der Waals surface area contributed by atoms with Crippen molar-refractivity contribution in [3.8, 4) is 22.5 Å². The predicted octanol–water partition coefficient (Wildman–Crippen LogP) is 5.15. The number of carbonyl (C=O) groups excluding carboxylic acids is 1. The molecule has 1 N–H and O–H groups in total. The van der Waals surface area contributed by atoms with E-state index in [4.69, 9.17) is 0 Å². The average molecular weight is 370 g/mol. The van der Waals surface area contributed by atoms with E-state index in [0.29, 0.717) is 5.92 Å². The quantitative estimate of drug-likeness (QED) is 0.541. The van der Waals surface area contributed by atoms with Crippen molar-refractivity contribution < 1.29 is 4.79 Å². The van der Waals surface area contributed by atoms with Crippen LogP contribution in [0.2, 0.25) is 0 Å². The van der Waals surface area contributed by atoms with Gasteiger partial charge in [-0.25, -0.2) is 0 Å². The number of benzene rings is 2. The SMILES string of the molecule is CC(=O)Nc1ccc(-c2nnc3ccc(-c4ccc(C(C)C)cc4)cn23)cc1. The fourth-order valence-electron chi connectivity index (χ4n) is 3.22. The van der Waals surface area contributed by atoms with Gasteiger partial charge >= 0.3 is 0 Å². The van der Waals surface area contributed by atoms with Gasteiger partial charge in [-0.2, -0.15) is 0 Å². The zero-order chi connectivity index (χ0) is 19.7. The van der Waals surface area contributed by atoms with E-state index in [9.17, 15) is 4.79 Å². The van der Waals surface area contributed by atoms with E-state index >= 15 is 0 Å². The molecule has 0 aliphatic carbocycles. The number of rotatable bonds is 4. The standard InChI is InChI=1S/C23H22N4O/c1-15(2)17-4-6-18(7-5-17)20-10-13-22-25-26-23(27(22)14-20)19-8-11-21(12-9-19)24-16(3)28/h4-15H,1-3H3,(H,24,28). The van der Waals surface area contributed by atoms with E-state index in [1.807, 2.05) is 34.7 Å². The van der Waals surface area contributed by atoms with Crippen LogP contribution >= 0.6 is 0 Å². The molecule has 0 bridgehead atoms. The summed E-state index contributed by atoms with van der Waals surface area (Å²) in [6.45, 7) is 5.89. The third-order valence-electron chi connectivity index (χ3n) is 4.78. The maximum absolute atomic E-state index is 11.2. The number of carbonyl (C=O) groups is 1. The number of aromatic nitrogens is 3. The third-order valence-corrected chi connectivity index (χ3v) is 4.78. The van der Waals surface area contributed by atoms with E-state index in [0.717, 1.165) is 33.8 Å². The van der Waals surface area contributed by atoms with E-state index < -0.39 is 0 Å². The Morgan fingerprint density at radius 1 is 0.857 bits per heavy atom. The number of amides is 1. The normalized spacial score (nSPS) is 11.1. The Kier molecular flexibility index (Phi) is 4.65. The molecule has 0 atom stereocenters. The average Bonchev–Trinajstić information content (AvgIpc) is 3.11. The first-order valence-corrected chi connectivity index (χ1v) is 9.34. The Morgan fingerprint density at radius 3 is 2.14 bits per heavy atom. The zero-order valence-corrected chi connectivity index (χ0v) is 16.2. The second-order valence-corrected chi connectivity index (χ2v) is 7.20. The van der Waals surface area contributed by atoms with Crippen LogP contribution in [0.15, 0.2) is 66.9 Å². The van der Waals surface area contributed by atoms with Crippen molar-refractivity contribution in [3.63, 3.8) is 0 Å². The number of nitrogens with one attached hydrogen (secondary N) is 1. The van der Waals surface area contributed by atoms with Gasteiger partial charge in [-0.05, 0) is 59.0 Å². The Labute approximate surface area is 164 Å². The molecule has 0 radical (unpaired) electrons. The molecule has 4 rings (SSSR count). The van der Waals surface area contributed by atoms with Gasteiger partial charge in [-0.1, -0.05) is 38.1 Å². The minimum absolute atomic E-state index is 0.0891. The lowest BCUT2D eigenvalue weighted by atomic mass is 9.99. The van der Waals surface area contributed by atoms with Crippen LogP contribution in [-0.2, 0) is 4.79 Å². The number of anilines is 1. The van der Waals surface area contributed by atoms with Gasteiger partial charge in [0.2, 0.25) is 5.91 Å². The number of hydrogen-bond donors (Lipinski definition) is 1. The first kappa shape index (κ1) is 17.9. The number of nitrogens with zero attached hydrogens (tertiary/aromatic N) is 3. The first-order valence-electron chi connectivity index (χ1n) is 9.34. The van der Waals surface area contributed by atoms with Gasteiger partial charge in [0.05, 0.1) is 0 Å². The summed E-state index contributed by atoms with van der Waals surface area (Å²) in [5, 5.41) is 11.4. The number of pyridine rings is 1. The smallest absolute Gasteiger partial charge is 0.221 e. The van der Waals surface area contributed by atoms with E-state index in [-0.39, 0.29) is 5.91 Å². The molecule has 0 spiro atoms. The molecule has 0 fully saturated rings. The van der Waals surface area contributed by atoms with Crippen LogP contribution in [-0.4, -0.2) is 20.5 Å². The maximum Gasteiger partial charge on any atom is 0.221 e. The highest BCUT2D eigenvalue weighted by atomic mass is 16.1. The molecule has 0 aliphatic heterocycles. The molecule has 0 aliphatic rings. The molecule has 2 heterocycles. The summed E-state index contributed by atoms with van der Waals surface area (Å²) in [7, 11) is 0. The molecule has 5 nitrogen and oxygen atoms in total. The summed E-state index contributed by atoms with van der Waals surface area (Å²) >= 11 is 0. The summed E-state index contributed by atoms with van der Waals surface area (Å²) in [4.78, 5) is 11.2. The summed E-state index contributed by atoms with van der Waals surface area (Å²) in [6.07, 6.45) is 2.07. The topological polar surface area (TPSA) is 59.3 Å². The van der Waals surface area contributed by atoms with Gasteiger partial charge in [-0.3, -0.25) is 9.20 Å². The van der Waals surface area contributed by atoms with Gasteiger partial charge in [0.1, 0.15) is 0 Å². The molecule has 0 saturated heterocycles. The van der Waals surface area contributed by atoms with Crippen molar-refractivity contribution in [3.05, 3.63) is 72.4 Å². The van der Waals surface area contributed by atoms with Crippen LogP contribution < -0.4 is 5.32 Å². The van der Waals surface area contributed by atoms with Gasteiger partial charge in [0, 0.05) is 24.4 Å². The predicted molar refractivity (Wildman–Crippen MR) is 112 cm³/mol. The molecule has 28 heavy (non-hydrogen) atoms. The molecule has 0 saturated carbocycles. The lowest BCUT2D eigenvalue weighted by molar-refractivity contribution is -0.114. The van der Waals surface area contributed by atoms with Crippen molar-refractivity contribution >= 4 is 17.2 Å². The fraction of sp³-hybridized carbons (Fsp3) is 0.174. The van der Waals surface area contributed by atoms with Gasteiger partial charge in [-0.15, -0.1) is 10.2 Å². The zero-order valence-electron chi connectivity index (χ0n) is 16.2. The van der Waals surface area contributed by atoms with E-state index in [1.54, 1.807) is 0 Å². The molecule has 1 amide bonds. The summed E-state index contributed by atoms with van der Waals surface area (Å²) < 4.78 is 2.00. The molecular weight excluding hydrogens is 348 g/mol. The number of hydrogen-bond acceptors (Lipinski definition) is 3. The maximum atomic E-state index is 11.2. The van der Waals surface area contributed by atoms with Crippen molar-refractivity contribution in [2.24, 2.45) is 0 Å². The van der Waals surface area contributed by atoms with Crippen LogP contribution in [0.5, 0.6) is 0 Å². The summed E-state index contributed by atoms with van der Waals surface area (Å²) in [5.74, 6) is 1.19. The highest BCUT2D eigenvalue weighted by Gasteiger charge is 2.10. The molecular formula is C23H22N4O. The van der Waals surface area contributed by atoms with Crippen LogP contribution in [0.1, 0.15) is 32.3 Å². The largest absolute Gasteiger partial charge is 0.326 e. The number of fused-ring (bicyclic) bond motifs is 1. The molecule has 2 aromatic heterocycles. The van der Waals surface area contributed by atoms with Crippen LogP contribution in [0.3, 0.4) is 0 Å². The monoisotopic (exact) mass is 370 g/mol. The highest BCUT2D eigenvalue weighted by molar-refractivity contribution is 5.88. The second-order valence-electron chi connectivity index (χ2n) is 7.20. The van der Waals surface area contributed by atoms with Crippen molar-refractivity contribution in [1.29, 1.82) is 0 Å². The third kappa shape index (κ3) is 3.51. The molecule has 0 unspecified atom stereocenters. The van der Waals surface area contributed by atoms with Crippen molar-refractivity contribution in [1.82, 2.24) is 14.6 Å². The minimum Gasteiger partial charge on any atom is -0.326 e. The second kappa shape index (κ2) is 7.27. The molecule has 5 heteroatoms. The Bertz CT molecular complexity index is 1130. The highest BCUT2D eigenvalue weighted by Crippen LogP contribution is 2.26. The molecule has 140 valence electrons. The van der Waals surface area contributed by atoms with Gasteiger partial charge < -0.3 is 5.32 Å². The molecule has 4 aromatic rings. The van der Waals surface area contributed by atoms with Crippen LogP contribution in [0.25, 0.3) is 28.2 Å². The minimum atomic E-state index is -0.0891. The fourth-order valence-corrected chi connectivity index (χ4v) is 3.22. The van der Waals surface area contributed by atoms with Gasteiger partial charge in [0.15, 0.2) is 11.5 Å². The van der Waals surface area contributed by atoms with E-state index in [1.165, 1.54) is 12.5 Å². The Morgan fingerprint density at radius 2 is 1.50 bits per heavy atom. The first-order chi connectivity index (χ1) is 13.5. The summed E-state index contributed by atoms with van der Waals surface area (Å²) in [6, 6.07) is 20.3. The van der Waals surface area contributed by atoms with Gasteiger partial charge in [0.25, 0.3) is 0 Å². The lowest BCUT2D eigenvalue weighted by Gasteiger charge is -2.08. The van der Waals surface area contributed by atoms with Crippen molar-refractivity contribution in [2.45, 2.75) is 26.7 Å². The Balaban J connectivity index is 1.71. The lowest BCUT2D eigenvalue weighted by Crippen LogP contribution is -2.05. The molecule has 2 aromatic carbocycles. The Hall–Kier alpha value is -3.47. The van der Waals surface area contributed by atoms with Crippen molar-refractivity contribution in [2.75, 3.05) is 5.32 Å². The van der Waals surface area contributed by atoms with Crippen LogP contribution in [0, 0.1) is 0 Å². The van der Waals surface area contributed by atoms with E-state index in [2.05, 4.69) is 65.9 Å².